The number of nitrogens with zero attached hydrogens (tertiary/aromatic N) is 2. The molecule has 1 aliphatic carbocycles. The predicted octanol–water partition coefficient (Wildman–Crippen LogP) is 2.43. The number of nitrogen functional groups attached to an aromatic ring is 1. The zero-order valence-corrected chi connectivity index (χ0v) is 10.9. The third-order valence-electron chi connectivity index (χ3n) is 3.93. The molecule has 2 aromatic heterocycles. The van der Waals surface area contributed by atoms with Gasteiger partial charge in [0.1, 0.15) is 0 Å². The van der Waals surface area contributed by atoms with Crippen molar-refractivity contribution in [3.05, 3.63) is 30.2 Å². The van der Waals surface area contributed by atoms with Crippen molar-refractivity contribution in [3.8, 4) is 11.1 Å². The summed E-state index contributed by atoms with van der Waals surface area (Å²) in [6, 6.07) is 3.83. The Labute approximate surface area is 111 Å². The first-order valence-electron chi connectivity index (χ1n) is 6.44. The van der Waals surface area contributed by atoms with E-state index in [1.165, 1.54) is 6.42 Å². The van der Waals surface area contributed by atoms with Gasteiger partial charge in [0, 0.05) is 31.5 Å². The maximum absolute atomic E-state index is 5.90. The molecule has 1 saturated carbocycles. The molecule has 0 radical (unpaired) electrons. The number of ether oxygens (including phenoxy) is 1. The van der Waals surface area contributed by atoms with Gasteiger partial charge in [-0.3, -0.25) is 4.98 Å². The quantitative estimate of drug-likeness (QED) is 0.912. The Morgan fingerprint density at radius 2 is 2.32 bits per heavy atom. The number of aromatic nitrogens is 2. The van der Waals surface area contributed by atoms with Crippen molar-refractivity contribution in [1.82, 2.24) is 10.1 Å². The van der Waals surface area contributed by atoms with Crippen molar-refractivity contribution in [1.29, 1.82) is 0 Å². The second-order valence-electron chi connectivity index (χ2n) is 5.03. The molecular formula is C14H17N3O2. The first-order valence-corrected chi connectivity index (χ1v) is 6.44. The molecule has 100 valence electrons. The second-order valence-corrected chi connectivity index (χ2v) is 5.03. The predicted molar refractivity (Wildman–Crippen MR) is 71.4 cm³/mol. The summed E-state index contributed by atoms with van der Waals surface area (Å²) < 4.78 is 10.8. The number of methoxy groups -OCH3 is 1. The van der Waals surface area contributed by atoms with E-state index < -0.39 is 0 Å². The van der Waals surface area contributed by atoms with Crippen LogP contribution < -0.4 is 5.73 Å². The van der Waals surface area contributed by atoms with Gasteiger partial charge in [-0.25, -0.2) is 0 Å². The molecule has 1 aliphatic rings. The molecule has 3 rings (SSSR count). The molecule has 0 saturated heterocycles. The van der Waals surface area contributed by atoms with Gasteiger partial charge in [0.2, 0.25) is 5.88 Å². The first kappa shape index (κ1) is 12.2. The van der Waals surface area contributed by atoms with Crippen LogP contribution in [0.5, 0.6) is 0 Å². The summed E-state index contributed by atoms with van der Waals surface area (Å²) in [5.74, 6) is 0.341. The van der Waals surface area contributed by atoms with Crippen molar-refractivity contribution in [3.63, 3.8) is 0 Å². The monoisotopic (exact) mass is 259 g/mol. The van der Waals surface area contributed by atoms with E-state index in [0.717, 1.165) is 36.1 Å². The fourth-order valence-corrected chi connectivity index (χ4v) is 2.61. The van der Waals surface area contributed by atoms with E-state index in [9.17, 15) is 0 Å². The van der Waals surface area contributed by atoms with Gasteiger partial charge in [0.05, 0.1) is 16.9 Å². The van der Waals surface area contributed by atoms with E-state index in [0.29, 0.717) is 5.88 Å². The molecule has 2 aromatic rings. The van der Waals surface area contributed by atoms with Crippen molar-refractivity contribution in [2.75, 3.05) is 12.8 Å². The highest BCUT2D eigenvalue weighted by molar-refractivity contribution is 5.74. The van der Waals surface area contributed by atoms with E-state index in [4.69, 9.17) is 15.0 Å². The molecule has 5 nitrogen and oxygen atoms in total. The number of pyridine rings is 1. The lowest BCUT2D eigenvalue weighted by Gasteiger charge is -2.40. The number of hydrogen-bond donors (Lipinski definition) is 1. The number of anilines is 1. The molecule has 1 fully saturated rings. The van der Waals surface area contributed by atoms with Crippen molar-refractivity contribution in [2.45, 2.75) is 31.3 Å². The Bertz CT molecular complexity index is 556. The molecule has 2 heterocycles. The molecule has 19 heavy (non-hydrogen) atoms. The molecule has 0 atom stereocenters. The lowest BCUT2D eigenvalue weighted by Crippen LogP contribution is -2.41. The molecule has 0 spiro atoms. The van der Waals surface area contributed by atoms with Gasteiger partial charge in [0.15, 0.2) is 0 Å². The zero-order chi connectivity index (χ0) is 13.3. The minimum absolute atomic E-state index is 0.0970. The van der Waals surface area contributed by atoms with Gasteiger partial charge in [-0.2, -0.15) is 0 Å². The number of nitrogens with two attached hydrogens (primary N) is 1. The van der Waals surface area contributed by atoms with Gasteiger partial charge >= 0.3 is 0 Å². The summed E-state index contributed by atoms with van der Waals surface area (Å²) in [5.41, 5.74) is 8.43. The van der Waals surface area contributed by atoms with Gasteiger partial charge in [-0.05, 0) is 25.3 Å². The fraction of sp³-hybridized carbons (Fsp3) is 0.429. The van der Waals surface area contributed by atoms with Crippen molar-refractivity contribution in [2.24, 2.45) is 0 Å². The van der Waals surface area contributed by atoms with Gasteiger partial charge in [0.25, 0.3) is 0 Å². The average Bonchev–Trinajstić information content (AvgIpc) is 2.76. The van der Waals surface area contributed by atoms with Crippen LogP contribution >= 0.6 is 0 Å². The number of hydrogen-bond acceptors (Lipinski definition) is 5. The lowest BCUT2D eigenvalue weighted by atomic mass is 9.76. The van der Waals surface area contributed by atoms with Crippen LogP contribution in [0.15, 0.2) is 29.0 Å². The van der Waals surface area contributed by atoms with E-state index in [1.54, 1.807) is 19.5 Å². The standard InChI is InChI=1S/C14H17N3O2/c1-18-14(5-3-6-14)8-11-12(13(15)19-17-11)10-4-2-7-16-9-10/h2,4,7,9H,3,5-6,8,15H2,1H3. The Morgan fingerprint density at radius 1 is 1.47 bits per heavy atom. The first-order chi connectivity index (χ1) is 9.24. The molecule has 0 aromatic carbocycles. The Morgan fingerprint density at radius 3 is 2.89 bits per heavy atom. The Kier molecular flexibility index (Phi) is 2.98. The average molecular weight is 259 g/mol. The number of rotatable bonds is 4. The van der Waals surface area contributed by atoms with E-state index in [1.807, 2.05) is 12.1 Å². The summed E-state index contributed by atoms with van der Waals surface area (Å²) in [5, 5.41) is 4.10. The van der Waals surface area contributed by atoms with Crippen LogP contribution in [-0.2, 0) is 11.2 Å². The van der Waals surface area contributed by atoms with Gasteiger partial charge < -0.3 is 15.0 Å². The van der Waals surface area contributed by atoms with Gasteiger partial charge in [-0.1, -0.05) is 11.2 Å². The minimum Gasteiger partial charge on any atom is -0.378 e. The minimum atomic E-state index is -0.0970. The summed E-state index contributed by atoms with van der Waals surface area (Å²) in [6.07, 6.45) is 7.55. The maximum atomic E-state index is 5.90. The normalized spacial score (nSPS) is 17.1. The third kappa shape index (κ3) is 2.10. The van der Waals surface area contributed by atoms with Crippen molar-refractivity contribution >= 4 is 5.88 Å². The highest BCUT2D eigenvalue weighted by Crippen LogP contribution is 2.40. The van der Waals surface area contributed by atoms with Crippen LogP contribution in [0.3, 0.4) is 0 Å². The van der Waals surface area contributed by atoms with Crippen LogP contribution in [0.25, 0.3) is 11.1 Å². The third-order valence-corrected chi connectivity index (χ3v) is 3.93. The SMILES string of the molecule is COC1(Cc2noc(N)c2-c2cccnc2)CCC1. The highest BCUT2D eigenvalue weighted by Gasteiger charge is 2.39. The molecular weight excluding hydrogens is 242 g/mol. The van der Waals surface area contributed by atoms with Crippen LogP contribution in [0.1, 0.15) is 25.0 Å². The Hall–Kier alpha value is -1.88. The van der Waals surface area contributed by atoms with E-state index in [-0.39, 0.29) is 5.60 Å². The maximum Gasteiger partial charge on any atom is 0.230 e. The largest absolute Gasteiger partial charge is 0.378 e. The second kappa shape index (κ2) is 4.66. The Balaban J connectivity index is 1.95. The van der Waals surface area contributed by atoms with Crippen LogP contribution in [-0.4, -0.2) is 22.9 Å². The zero-order valence-electron chi connectivity index (χ0n) is 10.9. The molecule has 5 heteroatoms. The molecule has 0 amide bonds. The van der Waals surface area contributed by atoms with E-state index >= 15 is 0 Å². The smallest absolute Gasteiger partial charge is 0.230 e. The highest BCUT2D eigenvalue weighted by atomic mass is 16.5. The van der Waals surface area contributed by atoms with Crippen LogP contribution in [0.4, 0.5) is 5.88 Å². The topological polar surface area (TPSA) is 74.2 Å². The molecule has 0 bridgehead atoms. The molecule has 2 N–H and O–H groups in total. The molecule has 0 unspecified atom stereocenters. The molecule has 0 aliphatic heterocycles. The lowest BCUT2D eigenvalue weighted by molar-refractivity contribution is -0.0717. The summed E-state index contributed by atoms with van der Waals surface area (Å²) in [4.78, 5) is 4.12. The summed E-state index contributed by atoms with van der Waals surface area (Å²) in [7, 11) is 1.76. The van der Waals surface area contributed by atoms with Crippen LogP contribution in [0, 0.1) is 0 Å². The van der Waals surface area contributed by atoms with Crippen molar-refractivity contribution < 1.29 is 9.26 Å². The fourth-order valence-electron chi connectivity index (χ4n) is 2.61. The summed E-state index contributed by atoms with van der Waals surface area (Å²) >= 11 is 0. The van der Waals surface area contributed by atoms with E-state index in [2.05, 4.69) is 10.1 Å². The van der Waals surface area contributed by atoms with Gasteiger partial charge in [-0.15, -0.1) is 0 Å². The summed E-state index contributed by atoms with van der Waals surface area (Å²) in [6.45, 7) is 0. The van der Waals surface area contributed by atoms with Crippen LogP contribution in [0.2, 0.25) is 0 Å².